The van der Waals surface area contributed by atoms with Gasteiger partial charge in [-0.3, -0.25) is 4.90 Å². The van der Waals surface area contributed by atoms with Crippen molar-refractivity contribution in [2.75, 3.05) is 18.9 Å². The van der Waals surface area contributed by atoms with Gasteiger partial charge in [0.15, 0.2) is 17.3 Å². The molecule has 0 unspecified atom stereocenters. The summed E-state index contributed by atoms with van der Waals surface area (Å²) < 4.78 is 40.5. The van der Waals surface area contributed by atoms with E-state index in [0.717, 1.165) is 17.2 Å². The third-order valence-electron chi connectivity index (χ3n) is 5.66. The molecule has 1 fully saturated rings. The van der Waals surface area contributed by atoms with Gasteiger partial charge in [-0.25, -0.2) is 4.39 Å². The predicted molar refractivity (Wildman–Crippen MR) is 116 cm³/mol. The molecular formula is C25H26F2N2O2. The minimum Gasteiger partial charge on any atom is -0.467 e. The summed E-state index contributed by atoms with van der Waals surface area (Å²) in [4.78, 5) is 2.17. The number of anilines is 1. The minimum absolute atomic E-state index is 0.0733. The lowest BCUT2D eigenvalue weighted by Crippen LogP contribution is -2.55. The monoisotopic (exact) mass is 424 g/mol. The van der Waals surface area contributed by atoms with Crippen LogP contribution in [0.1, 0.15) is 24.0 Å². The fourth-order valence-electron chi connectivity index (χ4n) is 3.97. The van der Waals surface area contributed by atoms with E-state index in [9.17, 15) is 8.78 Å². The molecule has 162 valence electrons. The summed E-state index contributed by atoms with van der Waals surface area (Å²) in [5.41, 5.74) is 7.36. The van der Waals surface area contributed by atoms with Gasteiger partial charge in [-0.05, 0) is 23.3 Å². The highest BCUT2D eigenvalue weighted by molar-refractivity contribution is 5.53. The van der Waals surface area contributed by atoms with E-state index in [1.54, 1.807) is 0 Å². The molecule has 2 N–H and O–H groups in total. The van der Waals surface area contributed by atoms with Crippen molar-refractivity contribution < 1.29 is 18.3 Å². The Morgan fingerprint density at radius 3 is 1.94 bits per heavy atom. The summed E-state index contributed by atoms with van der Waals surface area (Å²) in [5, 5.41) is 0. The van der Waals surface area contributed by atoms with Crippen LogP contribution in [-0.2, 0) is 17.8 Å². The molecule has 0 spiro atoms. The SMILES string of the molecule is Nc1ccc(F)c(F)c1OC1(N(Cc2ccccc2)Cc2ccccc2)CCOCC1. The summed E-state index contributed by atoms with van der Waals surface area (Å²) in [6.07, 6.45) is 1.00. The molecule has 4 rings (SSSR count). The van der Waals surface area contributed by atoms with Crippen molar-refractivity contribution in [3.8, 4) is 5.75 Å². The molecular weight excluding hydrogens is 398 g/mol. The molecule has 0 saturated carbocycles. The predicted octanol–water partition coefficient (Wildman–Crippen LogP) is 5.13. The zero-order valence-electron chi connectivity index (χ0n) is 17.3. The quantitative estimate of drug-likeness (QED) is 0.422. The van der Waals surface area contributed by atoms with Gasteiger partial charge in [0.05, 0.1) is 18.9 Å². The number of benzene rings is 3. The van der Waals surface area contributed by atoms with E-state index in [4.69, 9.17) is 15.2 Å². The Morgan fingerprint density at radius 2 is 1.39 bits per heavy atom. The van der Waals surface area contributed by atoms with Crippen molar-refractivity contribution in [3.63, 3.8) is 0 Å². The molecule has 0 aromatic heterocycles. The molecule has 0 bridgehead atoms. The highest BCUT2D eigenvalue weighted by Crippen LogP contribution is 2.38. The van der Waals surface area contributed by atoms with Gasteiger partial charge < -0.3 is 15.2 Å². The number of hydrogen-bond donors (Lipinski definition) is 1. The average molecular weight is 424 g/mol. The summed E-state index contributed by atoms with van der Waals surface area (Å²) >= 11 is 0. The Bertz CT molecular complexity index is 952. The number of nitrogens with zero attached hydrogens (tertiary/aromatic N) is 1. The largest absolute Gasteiger partial charge is 0.467 e. The molecule has 0 aliphatic carbocycles. The Morgan fingerprint density at radius 1 is 0.839 bits per heavy atom. The maximum absolute atomic E-state index is 14.7. The van der Waals surface area contributed by atoms with Gasteiger partial charge in [-0.2, -0.15) is 4.39 Å². The molecule has 1 heterocycles. The third kappa shape index (κ3) is 4.86. The topological polar surface area (TPSA) is 47.7 Å². The van der Waals surface area contributed by atoms with Crippen LogP contribution in [0.2, 0.25) is 0 Å². The van der Waals surface area contributed by atoms with Crippen LogP contribution in [0.3, 0.4) is 0 Å². The number of nitrogens with two attached hydrogens (primary N) is 1. The van der Waals surface area contributed by atoms with Gasteiger partial charge in [-0.15, -0.1) is 0 Å². The summed E-state index contributed by atoms with van der Waals surface area (Å²) in [5.74, 6) is -2.29. The molecule has 0 amide bonds. The van der Waals surface area contributed by atoms with Crippen LogP contribution in [-0.4, -0.2) is 23.8 Å². The first-order valence-corrected chi connectivity index (χ1v) is 10.4. The second-order valence-corrected chi connectivity index (χ2v) is 7.77. The van der Waals surface area contributed by atoms with Crippen LogP contribution in [0, 0.1) is 11.6 Å². The van der Waals surface area contributed by atoms with E-state index in [2.05, 4.69) is 4.90 Å². The van der Waals surface area contributed by atoms with Gasteiger partial charge in [0.2, 0.25) is 5.82 Å². The number of hydrogen-bond acceptors (Lipinski definition) is 4. The van der Waals surface area contributed by atoms with E-state index in [1.807, 2.05) is 60.7 Å². The van der Waals surface area contributed by atoms with E-state index in [0.29, 0.717) is 39.1 Å². The van der Waals surface area contributed by atoms with E-state index in [-0.39, 0.29) is 11.4 Å². The molecule has 0 radical (unpaired) electrons. The first-order valence-electron chi connectivity index (χ1n) is 10.4. The van der Waals surface area contributed by atoms with Crippen molar-refractivity contribution in [1.29, 1.82) is 0 Å². The van der Waals surface area contributed by atoms with Crippen molar-refractivity contribution in [2.45, 2.75) is 31.7 Å². The molecule has 3 aromatic rings. The zero-order chi connectivity index (χ0) is 21.7. The van der Waals surface area contributed by atoms with Gasteiger partial charge >= 0.3 is 0 Å². The van der Waals surface area contributed by atoms with Crippen molar-refractivity contribution >= 4 is 5.69 Å². The molecule has 6 heteroatoms. The molecule has 31 heavy (non-hydrogen) atoms. The average Bonchev–Trinajstić information content (AvgIpc) is 2.81. The summed E-state index contributed by atoms with van der Waals surface area (Å²) in [7, 11) is 0. The Hall–Kier alpha value is -2.96. The number of rotatable bonds is 7. The van der Waals surface area contributed by atoms with Crippen LogP contribution in [0.15, 0.2) is 72.8 Å². The van der Waals surface area contributed by atoms with Crippen LogP contribution in [0.5, 0.6) is 5.75 Å². The molecule has 1 aliphatic heterocycles. The summed E-state index contributed by atoms with van der Waals surface area (Å²) in [6.45, 7) is 2.06. The lowest BCUT2D eigenvalue weighted by Gasteiger charge is -2.46. The maximum Gasteiger partial charge on any atom is 0.202 e. The van der Waals surface area contributed by atoms with Crippen LogP contribution in [0.25, 0.3) is 0 Å². The molecule has 0 atom stereocenters. The maximum atomic E-state index is 14.7. The number of ether oxygens (including phenoxy) is 2. The van der Waals surface area contributed by atoms with Crippen molar-refractivity contribution in [1.82, 2.24) is 4.90 Å². The third-order valence-corrected chi connectivity index (χ3v) is 5.66. The van der Waals surface area contributed by atoms with Gasteiger partial charge in [0.25, 0.3) is 0 Å². The number of halogens is 2. The molecule has 4 nitrogen and oxygen atoms in total. The number of nitrogen functional groups attached to an aromatic ring is 1. The van der Waals surface area contributed by atoms with Crippen molar-refractivity contribution in [2.24, 2.45) is 0 Å². The Kier molecular flexibility index (Phi) is 6.49. The normalized spacial score (nSPS) is 15.7. The van der Waals surface area contributed by atoms with Crippen molar-refractivity contribution in [3.05, 3.63) is 95.6 Å². The smallest absolute Gasteiger partial charge is 0.202 e. The van der Waals surface area contributed by atoms with E-state index in [1.165, 1.54) is 6.07 Å². The van der Waals surface area contributed by atoms with Crippen LogP contribution < -0.4 is 10.5 Å². The first-order chi connectivity index (χ1) is 15.1. The van der Waals surface area contributed by atoms with Gasteiger partial charge in [-0.1, -0.05) is 60.7 Å². The minimum atomic E-state index is -1.06. The fraction of sp³-hybridized carbons (Fsp3) is 0.280. The highest BCUT2D eigenvalue weighted by Gasteiger charge is 2.42. The molecule has 3 aromatic carbocycles. The molecule has 1 saturated heterocycles. The van der Waals surface area contributed by atoms with Gasteiger partial charge in [0, 0.05) is 25.9 Å². The standard InChI is InChI=1S/C25H26F2N2O2/c26-21-11-12-22(28)24(23(21)27)31-25(13-15-30-16-14-25)29(17-19-7-3-1-4-8-19)18-20-9-5-2-6-10-20/h1-12H,13-18,28H2. The van der Waals surface area contributed by atoms with E-state index < -0.39 is 17.4 Å². The van der Waals surface area contributed by atoms with E-state index >= 15 is 0 Å². The summed E-state index contributed by atoms with van der Waals surface area (Å²) in [6, 6.07) is 22.4. The fourth-order valence-corrected chi connectivity index (χ4v) is 3.97. The second kappa shape index (κ2) is 9.45. The van der Waals surface area contributed by atoms with Crippen LogP contribution in [0.4, 0.5) is 14.5 Å². The molecule has 1 aliphatic rings. The van der Waals surface area contributed by atoms with Gasteiger partial charge in [0.1, 0.15) is 0 Å². The second-order valence-electron chi connectivity index (χ2n) is 7.77. The Balaban J connectivity index is 1.74. The Labute approximate surface area is 181 Å². The van der Waals surface area contributed by atoms with Crippen LogP contribution >= 0.6 is 0 Å². The zero-order valence-corrected chi connectivity index (χ0v) is 17.3. The lowest BCUT2D eigenvalue weighted by atomic mass is 9.99. The first kappa shape index (κ1) is 21.3. The lowest BCUT2D eigenvalue weighted by molar-refractivity contribution is -0.154. The highest BCUT2D eigenvalue weighted by atomic mass is 19.2.